The molecule has 1 aromatic heterocycles. The van der Waals surface area contributed by atoms with E-state index in [1.807, 2.05) is 13.8 Å². The van der Waals surface area contributed by atoms with E-state index in [4.69, 9.17) is 0 Å². The molecule has 0 aliphatic carbocycles. The maximum Gasteiger partial charge on any atom is 0.246 e. The Bertz CT molecular complexity index is 467. The lowest BCUT2D eigenvalue weighted by Gasteiger charge is -2.23. The van der Waals surface area contributed by atoms with Crippen LogP contribution in [0.25, 0.3) is 0 Å². The van der Waals surface area contributed by atoms with Gasteiger partial charge in [0.25, 0.3) is 0 Å². The second-order valence-corrected chi connectivity index (χ2v) is 4.33. The predicted octanol–water partition coefficient (Wildman–Crippen LogP) is 0.711. The molecule has 1 aromatic rings. The molecule has 1 N–H and O–H groups in total. The molecule has 104 valence electrons. The Hall–Kier alpha value is -2.11. The summed E-state index contributed by atoms with van der Waals surface area (Å²) in [5, 5.41) is 6.74. The van der Waals surface area contributed by atoms with Gasteiger partial charge in [-0.2, -0.15) is 5.10 Å². The molecule has 0 spiro atoms. The topological polar surface area (TPSA) is 69.3 Å². The van der Waals surface area contributed by atoms with Gasteiger partial charge in [0.2, 0.25) is 11.8 Å². The molecule has 0 aliphatic heterocycles. The standard InChI is InChI=1S/C13H20N4O2/c1-5-12(18)17(6-2)9-13(19)16(4)8-11-7-14-15-10(11)3/h5,7H,1,6,8-9H2,2-4H3,(H,14,15). The minimum Gasteiger partial charge on any atom is -0.340 e. The Balaban J connectivity index is 2.59. The summed E-state index contributed by atoms with van der Waals surface area (Å²) in [5.41, 5.74) is 1.91. The predicted molar refractivity (Wildman–Crippen MR) is 72.2 cm³/mol. The van der Waals surface area contributed by atoms with Crippen molar-refractivity contribution in [3.05, 3.63) is 30.1 Å². The van der Waals surface area contributed by atoms with E-state index in [2.05, 4.69) is 16.8 Å². The first-order chi connectivity index (χ1) is 8.99. The molecule has 0 atom stereocenters. The van der Waals surface area contributed by atoms with Crippen LogP contribution in [0.3, 0.4) is 0 Å². The number of hydrogen-bond acceptors (Lipinski definition) is 3. The van der Waals surface area contributed by atoms with Gasteiger partial charge in [-0.1, -0.05) is 6.58 Å². The van der Waals surface area contributed by atoms with Crippen LogP contribution in [0.15, 0.2) is 18.9 Å². The lowest BCUT2D eigenvalue weighted by Crippen LogP contribution is -2.40. The van der Waals surface area contributed by atoms with Crippen molar-refractivity contribution in [2.75, 3.05) is 20.1 Å². The van der Waals surface area contributed by atoms with Crippen LogP contribution in [0.2, 0.25) is 0 Å². The summed E-state index contributed by atoms with van der Waals surface area (Å²) in [4.78, 5) is 26.6. The van der Waals surface area contributed by atoms with E-state index < -0.39 is 0 Å². The number of rotatable bonds is 6. The molecule has 6 nitrogen and oxygen atoms in total. The highest BCUT2D eigenvalue weighted by Crippen LogP contribution is 2.06. The number of aromatic nitrogens is 2. The fraction of sp³-hybridized carbons (Fsp3) is 0.462. The molecular formula is C13H20N4O2. The van der Waals surface area contributed by atoms with E-state index in [0.717, 1.165) is 11.3 Å². The average molecular weight is 264 g/mol. The maximum absolute atomic E-state index is 12.0. The molecule has 0 aliphatic rings. The van der Waals surface area contributed by atoms with Crippen molar-refractivity contribution in [3.8, 4) is 0 Å². The van der Waals surface area contributed by atoms with E-state index in [-0.39, 0.29) is 18.4 Å². The van der Waals surface area contributed by atoms with Crippen LogP contribution in [0.4, 0.5) is 0 Å². The molecule has 1 rings (SSSR count). The first kappa shape index (κ1) is 14.9. The molecule has 2 amide bonds. The Kier molecular flexibility index (Phi) is 5.29. The lowest BCUT2D eigenvalue weighted by molar-refractivity contribution is -0.137. The van der Waals surface area contributed by atoms with Crippen molar-refractivity contribution in [2.45, 2.75) is 20.4 Å². The summed E-state index contributed by atoms with van der Waals surface area (Å²) in [7, 11) is 1.71. The molecule has 0 fully saturated rings. The van der Waals surface area contributed by atoms with Gasteiger partial charge in [0.05, 0.1) is 12.7 Å². The van der Waals surface area contributed by atoms with Gasteiger partial charge >= 0.3 is 0 Å². The smallest absolute Gasteiger partial charge is 0.246 e. The Morgan fingerprint density at radius 3 is 2.68 bits per heavy atom. The molecule has 0 saturated carbocycles. The molecule has 0 bridgehead atoms. The van der Waals surface area contributed by atoms with Gasteiger partial charge in [0.1, 0.15) is 0 Å². The number of hydrogen-bond donors (Lipinski definition) is 1. The molecule has 0 unspecified atom stereocenters. The molecule has 0 aromatic carbocycles. The Morgan fingerprint density at radius 2 is 2.21 bits per heavy atom. The highest BCUT2D eigenvalue weighted by molar-refractivity contribution is 5.90. The van der Waals surface area contributed by atoms with Gasteiger partial charge in [0, 0.05) is 31.4 Å². The van der Waals surface area contributed by atoms with E-state index in [9.17, 15) is 9.59 Å². The van der Waals surface area contributed by atoms with Crippen LogP contribution >= 0.6 is 0 Å². The SMILES string of the molecule is C=CC(=O)N(CC)CC(=O)N(C)Cc1cn[nH]c1C. The van der Waals surface area contributed by atoms with Crippen molar-refractivity contribution in [1.82, 2.24) is 20.0 Å². The largest absolute Gasteiger partial charge is 0.340 e. The highest BCUT2D eigenvalue weighted by atomic mass is 16.2. The first-order valence-electron chi connectivity index (χ1n) is 6.13. The van der Waals surface area contributed by atoms with Gasteiger partial charge in [0.15, 0.2) is 0 Å². The van der Waals surface area contributed by atoms with Crippen LogP contribution in [0.5, 0.6) is 0 Å². The Labute approximate surface area is 113 Å². The first-order valence-corrected chi connectivity index (χ1v) is 6.13. The van der Waals surface area contributed by atoms with Crippen molar-refractivity contribution in [2.24, 2.45) is 0 Å². The zero-order valence-corrected chi connectivity index (χ0v) is 11.6. The normalized spacial score (nSPS) is 10.1. The third-order valence-electron chi connectivity index (χ3n) is 2.96. The zero-order valence-electron chi connectivity index (χ0n) is 11.6. The summed E-state index contributed by atoms with van der Waals surface area (Å²) < 4.78 is 0. The number of nitrogens with one attached hydrogen (secondary N) is 1. The minimum atomic E-state index is -0.233. The molecule has 0 radical (unpaired) electrons. The van der Waals surface area contributed by atoms with E-state index >= 15 is 0 Å². The third-order valence-corrected chi connectivity index (χ3v) is 2.96. The van der Waals surface area contributed by atoms with Gasteiger partial charge in [-0.3, -0.25) is 14.7 Å². The van der Waals surface area contributed by atoms with Crippen molar-refractivity contribution in [3.63, 3.8) is 0 Å². The number of amides is 2. The summed E-state index contributed by atoms with van der Waals surface area (Å²) in [6.45, 7) is 8.18. The molecular weight excluding hydrogens is 244 g/mol. The van der Waals surface area contributed by atoms with Crippen molar-refractivity contribution >= 4 is 11.8 Å². The van der Waals surface area contributed by atoms with Crippen LogP contribution in [-0.4, -0.2) is 51.9 Å². The van der Waals surface area contributed by atoms with E-state index in [1.54, 1.807) is 18.1 Å². The number of carbonyl (C=O) groups is 2. The fourth-order valence-electron chi connectivity index (χ4n) is 1.64. The lowest BCUT2D eigenvalue weighted by atomic mass is 10.2. The van der Waals surface area contributed by atoms with E-state index in [0.29, 0.717) is 13.1 Å². The number of likely N-dealkylation sites (N-methyl/N-ethyl adjacent to an activating group) is 2. The number of nitrogens with zero attached hydrogens (tertiary/aromatic N) is 3. The van der Waals surface area contributed by atoms with Crippen LogP contribution in [0, 0.1) is 6.92 Å². The molecule has 6 heteroatoms. The Morgan fingerprint density at radius 1 is 1.53 bits per heavy atom. The van der Waals surface area contributed by atoms with Gasteiger partial charge < -0.3 is 9.80 Å². The number of aryl methyl sites for hydroxylation is 1. The van der Waals surface area contributed by atoms with E-state index in [1.165, 1.54) is 11.0 Å². The van der Waals surface area contributed by atoms with Crippen LogP contribution < -0.4 is 0 Å². The number of carbonyl (C=O) groups excluding carboxylic acids is 2. The monoisotopic (exact) mass is 264 g/mol. The number of H-pyrrole nitrogens is 1. The second kappa shape index (κ2) is 6.72. The maximum atomic E-state index is 12.0. The van der Waals surface area contributed by atoms with Gasteiger partial charge in [-0.15, -0.1) is 0 Å². The van der Waals surface area contributed by atoms with Gasteiger partial charge in [-0.05, 0) is 19.9 Å². The van der Waals surface area contributed by atoms with Gasteiger partial charge in [-0.25, -0.2) is 0 Å². The second-order valence-electron chi connectivity index (χ2n) is 4.33. The molecule has 1 heterocycles. The summed E-state index contributed by atoms with van der Waals surface area (Å²) in [6, 6.07) is 0. The van der Waals surface area contributed by atoms with Crippen LogP contribution in [0.1, 0.15) is 18.2 Å². The number of aromatic amines is 1. The summed E-state index contributed by atoms with van der Waals surface area (Å²) in [6.07, 6.45) is 2.92. The van der Waals surface area contributed by atoms with Crippen molar-refractivity contribution < 1.29 is 9.59 Å². The average Bonchev–Trinajstić information content (AvgIpc) is 2.80. The fourth-order valence-corrected chi connectivity index (χ4v) is 1.64. The highest BCUT2D eigenvalue weighted by Gasteiger charge is 2.17. The molecule has 0 saturated heterocycles. The molecule has 19 heavy (non-hydrogen) atoms. The van der Waals surface area contributed by atoms with Crippen molar-refractivity contribution in [1.29, 1.82) is 0 Å². The summed E-state index contributed by atoms with van der Waals surface area (Å²) in [5.74, 6) is -0.346. The third kappa shape index (κ3) is 3.94. The minimum absolute atomic E-state index is 0.0642. The van der Waals surface area contributed by atoms with Crippen LogP contribution in [-0.2, 0) is 16.1 Å². The zero-order chi connectivity index (χ0) is 14.4. The quantitative estimate of drug-likeness (QED) is 0.769. The summed E-state index contributed by atoms with van der Waals surface area (Å²) >= 11 is 0.